The summed E-state index contributed by atoms with van der Waals surface area (Å²) in [4.78, 5) is 14.6. The van der Waals surface area contributed by atoms with Crippen molar-refractivity contribution >= 4 is 17.4 Å². The number of amides is 1. The fourth-order valence-corrected chi connectivity index (χ4v) is 3.27. The van der Waals surface area contributed by atoms with Crippen LogP contribution in [0.4, 0.5) is 5.69 Å². The van der Waals surface area contributed by atoms with E-state index >= 15 is 0 Å². The maximum Gasteiger partial charge on any atom is 0.232 e. The van der Waals surface area contributed by atoms with Crippen molar-refractivity contribution in [3.05, 3.63) is 29.8 Å². The molecule has 21 heavy (non-hydrogen) atoms. The van der Waals surface area contributed by atoms with Crippen molar-refractivity contribution in [3.8, 4) is 0 Å². The van der Waals surface area contributed by atoms with E-state index in [0.29, 0.717) is 11.3 Å². The fraction of sp³-hybridized carbons (Fsp3) is 0.500. The van der Waals surface area contributed by atoms with Crippen molar-refractivity contribution in [2.45, 2.75) is 39.0 Å². The topological polar surface area (TPSA) is 78.9 Å². The van der Waals surface area contributed by atoms with Crippen molar-refractivity contribution < 1.29 is 10.0 Å². The summed E-state index contributed by atoms with van der Waals surface area (Å²) < 4.78 is 0. The summed E-state index contributed by atoms with van der Waals surface area (Å²) in [5, 5.41) is 12.0. The van der Waals surface area contributed by atoms with Gasteiger partial charge in [0.2, 0.25) is 5.91 Å². The first kappa shape index (κ1) is 15.4. The predicted octanol–water partition coefficient (Wildman–Crippen LogP) is 2.71. The molecule has 3 N–H and O–H groups in total. The van der Waals surface area contributed by atoms with Gasteiger partial charge in [0.05, 0.1) is 5.69 Å². The minimum atomic E-state index is -0.257. The second-order valence-electron chi connectivity index (χ2n) is 5.71. The Bertz CT molecular complexity index is 548. The molecule has 1 fully saturated rings. The van der Waals surface area contributed by atoms with Gasteiger partial charge in [0, 0.05) is 18.0 Å². The molecule has 2 rings (SSSR count). The lowest BCUT2D eigenvalue weighted by molar-refractivity contribution is -0.127. The van der Waals surface area contributed by atoms with Gasteiger partial charge in [0.1, 0.15) is 0 Å². The Balaban J connectivity index is 2.36. The molecule has 5 nitrogen and oxygen atoms in total. The summed E-state index contributed by atoms with van der Waals surface area (Å²) in [6.07, 6.45) is 4.95. The summed E-state index contributed by atoms with van der Waals surface area (Å²) >= 11 is 0. The molecule has 0 aliphatic heterocycles. The third-order valence-corrected chi connectivity index (χ3v) is 4.64. The van der Waals surface area contributed by atoms with Crippen LogP contribution < -0.4 is 10.6 Å². The van der Waals surface area contributed by atoms with E-state index in [9.17, 15) is 4.79 Å². The fourth-order valence-electron chi connectivity index (χ4n) is 3.27. The molecule has 0 unspecified atom stereocenters. The molecular formula is C16H23N3O2. The molecule has 1 aliphatic carbocycles. The number of hydrogen-bond acceptors (Lipinski definition) is 3. The van der Waals surface area contributed by atoms with Crippen LogP contribution in [-0.2, 0) is 4.79 Å². The molecule has 1 amide bonds. The number of rotatable bonds is 4. The SMILES string of the molecule is CCC1(C(=O)N(C)c2ccccc2/C(N)=N/O)CCCC1. The van der Waals surface area contributed by atoms with E-state index in [1.165, 1.54) is 0 Å². The maximum absolute atomic E-state index is 12.9. The van der Waals surface area contributed by atoms with Gasteiger partial charge in [0.15, 0.2) is 5.84 Å². The number of para-hydroxylation sites is 1. The molecule has 0 spiro atoms. The van der Waals surface area contributed by atoms with Gasteiger partial charge in [-0.2, -0.15) is 0 Å². The number of hydrogen-bond donors (Lipinski definition) is 2. The molecule has 0 heterocycles. The first-order valence-electron chi connectivity index (χ1n) is 7.41. The Labute approximate surface area is 125 Å². The molecule has 1 saturated carbocycles. The number of carbonyl (C=O) groups is 1. The van der Waals surface area contributed by atoms with E-state index in [1.54, 1.807) is 24.1 Å². The van der Waals surface area contributed by atoms with Crippen LogP contribution in [0.5, 0.6) is 0 Å². The zero-order chi connectivity index (χ0) is 15.5. The van der Waals surface area contributed by atoms with Crippen molar-refractivity contribution in [2.75, 3.05) is 11.9 Å². The van der Waals surface area contributed by atoms with Crippen LogP contribution in [0.2, 0.25) is 0 Å². The van der Waals surface area contributed by atoms with Gasteiger partial charge in [-0.05, 0) is 31.4 Å². The zero-order valence-electron chi connectivity index (χ0n) is 12.7. The number of benzene rings is 1. The van der Waals surface area contributed by atoms with Crippen LogP contribution in [-0.4, -0.2) is 24.0 Å². The summed E-state index contributed by atoms with van der Waals surface area (Å²) in [6, 6.07) is 7.23. The van der Waals surface area contributed by atoms with Crippen LogP contribution in [0.3, 0.4) is 0 Å². The van der Waals surface area contributed by atoms with Crippen molar-refractivity contribution in [1.82, 2.24) is 0 Å². The standard InChI is InChI=1S/C16H23N3O2/c1-3-16(10-6-7-11-16)15(20)19(2)13-9-5-4-8-12(13)14(17)18-21/h4-5,8-9,21H,3,6-7,10-11H2,1-2H3,(H2,17,18). The van der Waals surface area contributed by atoms with Gasteiger partial charge in [-0.1, -0.05) is 37.1 Å². The number of carbonyl (C=O) groups excluding carboxylic acids is 1. The van der Waals surface area contributed by atoms with Gasteiger partial charge in [-0.3, -0.25) is 4.79 Å². The van der Waals surface area contributed by atoms with Gasteiger partial charge in [-0.15, -0.1) is 0 Å². The molecule has 1 aromatic rings. The van der Waals surface area contributed by atoms with Crippen LogP contribution in [0.25, 0.3) is 0 Å². The molecule has 0 aromatic heterocycles. The second kappa shape index (κ2) is 6.16. The minimum absolute atomic E-state index is 0.0159. The predicted molar refractivity (Wildman–Crippen MR) is 83.6 cm³/mol. The van der Waals surface area contributed by atoms with E-state index in [0.717, 1.165) is 32.1 Å². The molecule has 0 bridgehead atoms. The van der Waals surface area contributed by atoms with E-state index < -0.39 is 0 Å². The summed E-state index contributed by atoms with van der Waals surface area (Å²) in [5.74, 6) is 0.142. The maximum atomic E-state index is 12.9. The summed E-state index contributed by atoms with van der Waals surface area (Å²) in [7, 11) is 1.77. The highest BCUT2D eigenvalue weighted by Crippen LogP contribution is 2.43. The lowest BCUT2D eigenvalue weighted by Crippen LogP contribution is -2.41. The molecule has 114 valence electrons. The van der Waals surface area contributed by atoms with Crippen LogP contribution in [0.15, 0.2) is 29.4 Å². The molecule has 1 aromatic carbocycles. The third kappa shape index (κ3) is 2.73. The molecule has 0 saturated heterocycles. The Morgan fingerprint density at radius 1 is 1.38 bits per heavy atom. The largest absolute Gasteiger partial charge is 0.409 e. The van der Waals surface area contributed by atoms with Crippen LogP contribution >= 0.6 is 0 Å². The number of oxime groups is 1. The van der Waals surface area contributed by atoms with E-state index in [2.05, 4.69) is 12.1 Å². The number of nitrogens with two attached hydrogens (primary N) is 1. The van der Waals surface area contributed by atoms with Crippen molar-refractivity contribution in [1.29, 1.82) is 0 Å². The quantitative estimate of drug-likeness (QED) is 0.387. The van der Waals surface area contributed by atoms with Crippen molar-refractivity contribution in [2.24, 2.45) is 16.3 Å². The van der Waals surface area contributed by atoms with Gasteiger partial charge in [0.25, 0.3) is 0 Å². The number of amidine groups is 1. The Hall–Kier alpha value is -2.04. The van der Waals surface area contributed by atoms with Gasteiger partial charge < -0.3 is 15.8 Å². The first-order chi connectivity index (χ1) is 10.1. The van der Waals surface area contributed by atoms with E-state index in [4.69, 9.17) is 10.9 Å². The Morgan fingerprint density at radius 3 is 2.57 bits per heavy atom. The highest BCUT2D eigenvalue weighted by Gasteiger charge is 2.41. The monoisotopic (exact) mass is 289 g/mol. The summed E-state index contributed by atoms with van der Waals surface area (Å²) in [6.45, 7) is 2.08. The number of anilines is 1. The minimum Gasteiger partial charge on any atom is -0.409 e. The molecule has 1 aliphatic rings. The molecule has 0 radical (unpaired) electrons. The van der Waals surface area contributed by atoms with Crippen molar-refractivity contribution in [3.63, 3.8) is 0 Å². The molecule has 5 heteroatoms. The zero-order valence-corrected chi connectivity index (χ0v) is 12.7. The van der Waals surface area contributed by atoms with E-state index in [1.807, 2.05) is 12.1 Å². The van der Waals surface area contributed by atoms with E-state index in [-0.39, 0.29) is 17.2 Å². The average molecular weight is 289 g/mol. The Morgan fingerprint density at radius 2 is 2.00 bits per heavy atom. The molecular weight excluding hydrogens is 266 g/mol. The highest BCUT2D eigenvalue weighted by molar-refractivity contribution is 6.07. The average Bonchev–Trinajstić information content (AvgIpc) is 3.03. The smallest absolute Gasteiger partial charge is 0.232 e. The van der Waals surface area contributed by atoms with Gasteiger partial charge >= 0.3 is 0 Å². The van der Waals surface area contributed by atoms with Crippen LogP contribution in [0, 0.1) is 5.41 Å². The number of nitrogens with zero attached hydrogens (tertiary/aromatic N) is 2. The molecule has 0 atom stereocenters. The highest BCUT2D eigenvalue weighted by atomic mass is 16.4. The van der Waals surface area contributed by atoms with Gasteiger partial charge in [-0.25, -0.2) is 0 Å². The Kier molecular flexibility index (Phi) is 4.50. The second-order valence-corrected chi connectivity index (χ2v) is 5.71. The first-order valence-corrected chi connectivity index (χ1v) is 7.41. The normalized spacial score (nSPS) is 17.7. The third-order valence-electron chi connectivity index (χ3n) is 4.64. The van der Waals surface area contributed by atoms with Crippen LogP contribution in [0.1, 0.15) is 44.6 Å². The summed E-state index contributed by atoms with van der Waals surface area (Å²) in [5.41, 5.74) is 6.70. The lowest BCUT2D eigenvalue weighted by atomic mass is 9.81. The lowest BCUT2D eigenvalue weighted by Gasteiger charge is -2.32.